The van der Waals surface area contributed by atoms with Gasteiger partial charge in [-0.2, -0.15) is 5.10 Å². The number of H-pyrrole nitrogens is 1. The molecule has 0 aliphatic carbocycles. The van der Waals surface area contributed by atoms with E-state index in [0.29, 0.717) is 27.7 Å². The van der Waals surface area contributed by atoms with Gasteiger partial charge in [0, 0.05) is 11.1 Å². The van der Waals surface area contributed by atoms with Crippen molar-refractivity contribution < 1.29 is 19.1 Å². The summed E-state index contributed by atoms with van der Waals surface area (Å²) >= 11 is 0. The second-order valence-electron chi connectivity index (χ2n) is 6.34. The first-order chi connectivity index (χ1) is 14.5. The number of nitrogens with one attached hydrogen (secondary N) is 3. The summed E-state index contributed by atoms with van der Waals surface area (Å²) in [5, 5.41) is 12.5. The highest BCUT2D eigenvalue weighted by Crippen LogP contribution is 2.13. The van der Waals surface area contributed by atoms with Gasteiger partial charge in [0.15, 0.2) is 0 Å². The first-order valence-electron chi connectivity index (χ1n) is 9.28. The van der Waals surface area contributed by atoms with Crippen LogP contribution in [0, 0.1) is 0 Å². The molecule has 1 aromatic heterocycles. The number of fused-ring (bicyclic) bond motifs is 1. The SMILES string of the molecule is CCOC(=O)c1ccc(NC(=O)CNC(=O)Cc2n[nH]c(=O)c3ccccc23)cc1. The zero-order chi connectivity index (χ0) is 21.5. The van der Waals surface area contributed by atoms with E-state index in [1.165, 1.54) is 0 Å². The Kier molecular flexibility index (Phi) is 6.53. The van der Waals surface area contributed by atoms with Crippen LogP contribution in [-0.2, 0) is 20.7 Å². The smallest absolute Gasteiger partial charge is 0.338 e. The highest BCUT2D eigenvalue weighted by molar-refractivity contribution is 5.96. The second kappa shape index (κ2) is 9.46. The molecule has 9 nitrogen and oxygen atoms in total. The van der Waals surface area contributed by atoms with Crippen molar-refractivity contribution in [3.8, 4) is 0 Å². The van der Waals surface area contributed by atoms with Gasteiger partial charge in [-0.25, -0.2) is 9.89 Å². The monoisotopic (exact) mass is 408 g/mol. The normalized spacial score (nSPS) is 10.4. The van der Waals surface area contributed by atoms with Gasteiger partial charge in [-0.1, -0.05) is 18.2 Å². The molecule has 0 spiro atoms. The summed E-state index contributed by atoms with van der Waals surface area (Å²) in [6.45, 7) is 1.76. The van der Waals surface area contributed by atoms with E-state index in [1.54, 1.807) is 55.5 Å². The van der Waals surface area contributed by atoms with E-state index in [4.69, 9.17) is 4.74 Å². The molecule has 3 N–H and O–H groups in total. The number of aromatic nitrogens is 2. The average Bonchev–Trinajstić information content (AvgIpc) is 2.75. The van der Waals surface area contributed by atoms with Crippen molar-refractivity contribution in [3.63, 3.8) is 0 Å². The molecule has 0 radical (unpaired) electrons. The molecule has 2 aromatic carbocycles. The van der Waals surface area contributed by atoms with Gasteiger partial charge in [-0.05, 0) is 37.3 Å². The summed E-state index contributed by atoms with van der Waals surface area (Å²) in [7, 11) is 0. The minimum Gasteiger partial charge on any atom is -0.462 e. The summed E-state index contributed by atoms with van der Waals surface area (Å²) in [6.07, 6.45) is -0.0845. The van der Waals surface area contributed by atoms with Crippen LogP contribution < -0.4 is 16.2 Å². The van der Waals surface area contributed by atoms with E-state index in [1.807, 2.05) is 0 Å². The van der Waals surface area contributed by atoms with E-state index in [-0.39, 0.29) is 25.1 Å². The van der Waals surface area contributed by atoms with Crippen LogP contribution in [0.4, 0.5) is 5.69 Å². The molecule has 1 heterocycles. The number of anilines is 1. The lowest BCUT2D eigenvalue weighted by molar-refractivity contribution is -0.123. The third kappa shape index (κ3) is 5.07. The van der Waals surface area contributed by atoms with E-state index in [0.717, 1.165) is 0 Å². The summed E-state index contributed by atoms with van der Waals surface area (Å²) < 4.78 is 4.90. The topological polar surface area (TPSA) is 130 Å². The third-order valence-electron chi connectivity index (χ3n) is 4.23. The number of rotatable bonds is 7. The zero-order valence-corrected chi connectivity index (χ0v) is 16.2. The second-order valence-corrected chi connectivity index (χ2v) is 6.34. The number of hydrogen-bond acceptors (Lipinski definition) is 6. The number of benzene rings is 2. The molecule has 154 valence electrons. The Balaban J connectivity index is 1.54. The van der Waals surface area contributed by atoms with Crippen LogP contribution in [0.25, 0.3) is 10.8 Å². The molecule has 3 aromatic rings. The van der Waals surface area contributed by atoms with Crippen LogP contribution in [0.5, 0.6) is 0 Å². The maximum atomic E-state index is 12.2. The number of carbonyl (C=O) groups is 3. The van der Waals surface area contributed by atoms with E-state index in [2.05, 4.69) is 20.8 Å². The van der Waals surface area contributed by atoms with Crippen LogP contribution in [-0.4, -0.2) is 41.1 Å². The molecule has 0 saturated heterocycles. The van der Waals surface area contributed by atoms with Gasteiger partial charge in [0.2, 0.25) is 11.8 Å². The molecule has 30 heavy (non-hydrogen) atoms. The minimum absolute atomic E-state index is 0.0845. The summed E-state index contributed by atoms with van der Waals surface area (Å²) in [5.74, 6) is -1.27. The fourth-order valence-electron chi connectivity index (χ4n) is 2.81. The first kappa shape index (κ1) is 20.7. The van der Waals surface area contributed by atoms with Crippen molar-refractivity contribution in [1.29, 1.82) is 0 Å². The van der Waals surface area contributed by atoms with E-state index < -0.39 is 17.8 Å². The molecule has 0 atom stereocenters. The maximum Gasteiger partial charge on any atom is 0.338 e. The number of esters is 1. The molecule has 0 unspecified atom stereocenters. The Bertz CT molecular complexity index is 1140. The fourth-order valence-corrected chi connectivity index (χ4v) is 2.81. The fraction of sp³-hybridized carbons (Fsp3) is 0.190. The molecular formula is C21H20N4O5. The maximum absolute atomic E-state index is 12.2. The Morgan fingerprint density at radius 1 is 1.00 bits per heavy atom. The molecule has 2 amide bonds. The Morgan fingerprint density at radius 3 is 2.40 bits per heavy atom. The van der Waals surface area contributed by atoms with Gasteiger partial charge < -0.3 is 15.4 Å². The summed E-state index contributed by atoms with van der Waals surface area (Å²) in [4.78, 5) is 47.7. The predicted octanol–water partition coefficient (Wildman–Crippen LogP) is 1.40. The number of nitrogens with zero attached hydrogens (tertiary/aromatic N) is 1. The number of amides is 2. The minimum atomic E-state index is -0.439. The predicted molar refractivity (Wildman–Crippen MR) is 110 cm³/mol. The number of hydrogen-bond donors (Lipinski definition) is 3. The number of aromatic amines is 1. The molecule has 0 fully saturated rings. The Morgan fingerprint density at radius 2 is 1.70 bits per heavy atom. The molecular weight excluding hydrogens is 388 g/mol. The average molecular weight is 408 g/mol. The zero-order valence-electron chi connectivity index (χ0n) is 16.2. The standard InChI is InChI=1S/C21H20N4O5/c1-2-30-21(29)13-7-9-14(10-8-13)23-19(27)12-22-18(26)11-17-15-5-3-4-6-16(15)20(28)25-24-17/h3-10H,2,11-12H2,1H3,(H,22,26)(H,23,27)(H,25,28). The van der Waals surface area contributed by atoms with Crippen molar-refractivity contribution in [2.75, 3.05) is 18.5 Å². The van der Waals surface area contributed by atoms with Crippen LogP contribution in [0.15, 0.2) is 53.3 Å². The van der Waals surface area contributed by atoms with E-state index >= 15 is 0 Å². The third-order valence-corrected chi connectivity index (χ3v) is 4.23. The summed E-state index contributed by atoms with van der Waals surface area (Å²) in [6, 6.07) is 13.1. The van der Waals surface area contributed by atoms with E-state index in [9.17, 15) is 19.2 Å². The van der Waals surface area contributed by atoms with Crippen LogP contribution in [0.1, 0.15) is 23.0 Å². The van der Waals surface area contributed by atoms with Crippen molar-refractivity contribution in [1.82, 2.24) is 15.5 Å². The molecule has 0 aliphatic rings. The molecule has 3 rings (SSSR count). The van der Waals surface area contributed by atoms with Crippen LogP contribution >= 0.6 is 0 Å². The lowest BCUT2D eigenvalue weighted by atomic mass is 10.1. The molecule has 9 heteroatoms. The highest BCUT2D eigenvalue weighted by Gasteiger charge is 2.12. The number of ether oxygens (including phenoxy) is 1. The Labute approximate surface area is 171 Å². The quantitative estimate of drug-likeness (QED) is 0.507. The largest absolute Gasteiger partial charge is 0.462 e. The van der Waals surface area contributed by atoms with Crippen molar-refractivity contribution in [2.24, 2.45) is 0 Å². The number of carbonyl (C=O) groups excluding carboxylic acids is 3. The lowest BCUT2D eigenvalue weighted by Crippen LogP contribution is -2.34. The van der Waals surface area contributed by atoms with Gasteiger partial charge in [0.25, 0.3) is 5.56 Å². The van der Waals surface area contributed by atoms with Crippen molar-refractivity contribution >= 4 is 34.2 Å². The lowest BCUT2D eigenvalue weighted by Gasteiger charge is -2.08. The Hall–Kier alpha value is -4.01. The van der Waals surface area contributed by atoms with Gasteiger partial charge in [0.1, 0.15) is 0 Å². The molecule has 0 bridgehead atoms. The first-order valence-corrected chi connectivity index (χ1v) is 9.28. The van der Waals surface area contributed by atoms with Gasteiger partial charge in [-0.15, -0.1) is 0 Å². The van der Waals surface area contributed by atoms with Gasteiger partial charge >= 0.3 is 5.97 Å². The van der Waals surface area contributed by atoms with Crippen molar-refractivity contribution in [3.05, 3.63) is 70.1 Å². The van der Waals surface area contributed by atoms with Crippen LogP contribution in [0.2, 0.25) is 0 Å². The van der Waals surface area contributed by atoms with Gasteiger partial charge in [0.05, 0.1) is 36.2 Å². The van der Waals surface area contributed by atoms with Gasteiger partial charge in [-0.3, -0.25) is 14.4 Å². The molecule has 0 saturated carbocycles. The van der Waals surface area contributed by atoms with Crippen molar-refractivity contribution in [2.45, 2.75) is 13.3 Å². The molecule has 0 aliphatic heterocycles. The highest BCUT2D eigenvalue weighted by atomic mass is 16.5. The van der Waals surface area contributed by atoms with Crippen LogP contribution in [0.3, 0.4) is 0 Å². The summed E-state index contributed by atoms with van der Waals surface area (Å²) in [5.41, 5.74) is 0.945.